The van der Waals surface area contributed by atoms with E-state index in [1.807, 2.05) is 0 Å². The van der Waals surface area contributed by atoms with E-state index in [0.29, 0.717) is 12.0 Å². The van der Waals surface area contributed by atoms with Crippen molar-refractivity contribution in [1.82, 2.24) is 0 Å². The smallest absolute Gasteiger partial charge is 0.190 e. The SMILES string of the molecule is CC(C)=CCC/C(C)=C/CC/C(C)=C/C[C@@]12O[C@@H]1[C@H](O)C(CO)=CC2=O. The minimum atomic E-state index is -0.907. The second-order valence-electron chi connectivity index (χ2n) is 7.78. The third kappa shape index (κ3) is 5.03. The van der Waals surface area contributed by atoms with Gasteiger partial charge in [-0.1, -0.05) is 34.9 Å². The van der Waals surface area contributed by atoms with Crippen LogP contribution in [0.3, 0.4) is 0 Å². The van der Waals surface area contributed by atoms with Gasteiger partial charge in [0.1, 0.15) is 12.2 Å². The number of hydrogen-bond donors (Lipinski definition) is 2. The Labute approximate surface area is 156 Å². The molecule has 2 rings (SSSR count). The van der Waals surface area contributed by atoms with Gasteiger partial charge in [0, 0.05) is 6.42 Å². The van der Waals surface area contributed by atoms with Gasteiger partial charge in [0.05, 0.1) is 6.61 Å². The lowest BCUT2D eigenvalue weighted by Crippen LogP contribution is -2.37. The minimum absolute atomic E-state index is 0.143. The molecule has 1 saturated heterocycles. The van der Waals surface area contributed by atoms with E-state index in [0.717, 1.165) is 25.7 Å². The molecule has 144 valence electrons. The van der Waals surface area contributed by atoms with Gasteiger partial charge in [-0.2, -0.15) is 0 Å². The molecule has 0 unspecified atom stereocenters. The molecule has 2 N–H and O–H groups in total. The molecule has 1 heterocycles. The van der Waals surface area contributed by atoms with Crippen LogP contribution in [0.5, 0.6) is 0 Å². The average Bonchev–Trinajstić information content (AvgIpc) is 3.33. The number of aliphatic hydroxyl groups excluding tert-OH is 2. The van der Waals surface area contributed by atoms with Gasteiger partial charge in [0.15, 0.2) is 11.4 Å². The average molecular weight is 360 g/mol. The van der Waals surface area contributed by atoms with E-state index in [-0.39, 0.29) is 12.4 Å². The predicted octanol–water partition coefficient (Wildman–Crippen LogP) is 3.80. The van der Waals surface area contributed by atoms with Crippen LogP contribution in [0.25, 0.3) is 0 Å². The molecule has 0 aromatic heterocycles. The van der Waals surface area contributed by atoms with Crippen molar-refractivity contribution in [2.45, 2.75) is 77.6 Å². The van der Waals surface area contributed by atoms with Crippen LogP contribution in [-0.2, 0) is 9.53 Å². The van der Waals surface area contributed by atoms with Gasteiger partial charge in [-0.25, -0.2) is 0 Å². The van der Waals surface area contributed by atoms with Gasteiger partial charge in [0.2, 0.25) is 0 Å². The molecular weight excluding hydrogens is 328 g/mol. The van der Waals surface area contributed by atoms with Gasteiger partial charge in [-0.15, -0.1) is 0 Å². The van der Waals surface area contributed by atoms with Crippen LogP contribution in [0.4, 0.5) is 0 Å². The molecule has 0 saturated carbocycles. The topological polar surface area (TPSA) is 70.1 Å². The van der Waals surface area contributed by atoms with Crippen molar-refractivity contribution < 1.29 is 19.7 Å². The Morgan fingerprint density at radius 2 is 1.73 bits per heavy atom. The Kier molecular flexibility index (Phi) is 7.16. The summed E-state index contributed by atoms with van der Waals surface area (Å²) in [5.74, 6) is -0.143. The summed E-state index contributed by atoms with van der Waals surface area (Å²) < 4.78 is 5.55. The molecule has 0 spiro atoms. The number of ether oxygens (including phenoxy) is 1. The van der Waals surface area contributed by atoms with E-state index in [2.05, 4.69) is 45.9 Å². The number of ketones is 1. The quantitative estimate of drug-likeness (QED) is 0.485. The molecule has 0 aromatic rings. The summed E-state index contributed by atoms with van der Waals surface area (Å²) in [6.07, 6.45) is 11.2. The highest BCUT2D eigenvalue weighted by Gasteiger charge is 2.66. The van der Waals surface area contributed by atoms with Crippen LogP contribution in [0, 0.1) is 0 Å². The molecule has 1 fully saturated rings. The molecule has 1 aliphatic carbocycles. The third-order valence-corrected chi connectivity index (χ3v) is 5.20. The number of aliphatic hydroxyl groups is 2. The Morgan fingerprint density at radius 1 is 1.12 bits per heavy atom. The fourth-order valence-corrected chi connectivity index (χ4v) is 3.35. The maximum Gasteiger partial charge on any atom is 0.190 e. The molecule has 2 aliphatic rings. The maximum atomic E-state index is 12.3. The first kappa shape index (κ1) is 20.8. The van der Waals surface area contributed by atoms with Gasteiger partial charge in [-0.3, -0.25) is 4.79 Å². The number of rotatable bonds is 9. The Balaban J connectivity index is 1.82. The van der Waals surface area contributed by atoms with Crippen molar-refractivity contribution in [1.29, 1.82) is 0 Å². The zero-order valence-electron chi connectivity index (χ0n) is 16.4. The molecule has 4 nitrogen and oxygen atoms in total. The minimum Gasteiger partial charge on any atom is -0.392 e. The number of carbonyl (C=O) groups is 1. The number of fused-ring (bicyclic) bond motifs is 1. The second kappa shape index (κ2) is 8.94. The zero-order chi connectivity index (χ0) is 19.3. The molecule has 1 aliphatic heterocycles. The molecule has 0 amide bonds. The van der Waals surface area contributed by atoms with Gasteiger partial charge in [-0.05, 0) is 65.0 Å². The molecule has 3 atom stereocenters. The van der Waals surface area contributed by atoms with Crippen LogP contribution < -0.4 is 0 Å². The van der Waals surface area contributed by atoms with Crippen LogP contribution in [0.1, 0.15) is 59.8 Å². The lowest BCUT2D eigenvalue weighted by atomic mass is 9.84. The predicted molar refractivity (Wildman–Crippen MR) is 104 cm³/mol. The zero-order valence-corrected chi connectivity index (χ0v) is 16.4. The number of allylic oxidation sites excluding steroid dienone is 5. The van der Waals surface area contributed by atoms with E-state index < -0.39 is 17.8 Å². The highest BCUT2D eigenvalue weighted by atomic mass is 16.6. The number of hydrogen-bond acceptors (Lipinski definition) is 4. The van der Waals surface area contributed by atoms with Crippen LogP contribution >= 0.6 is 0 Å². The van der Waals surface area contributed by atoms with E-state index >= 15 is 0 Å². The summed E-state index contributed by atoms with van der Waals surface area (Å²) in [6.45, 7) is 8.18. The lowest BCUT2D eigenvalue weighted by Gasteiger charge is -2.19. The first-order chi connectivity index (χ1) is 12.3. The molecule has 4 heteroatoms. The Hall–Kier alpha value is -1.49. The van der Waals surface area contributed by atoms with Crippen LogP contribution in [0.2, 0.25) is 0 Å². The normalized spacial score (nSPS) is 28.5. The summed E-state index contributed by atoms with van der Waals surface area (Å²) >= 11 is 0. The highest BCUT2D eigenvalue weighted by molar-refractivity contribution is 6.02. The second-order valence-corrected chi connectivity index (χ2v) is 7.78. The largest absolute Gasteiger partial charge is 0.392 e. The summed E-state index contributed by atoms with van der Waals surface area (Å²) in [4.78, 5) is 12.3. The van der Waals surface area contributed by atoms with Crippen molar-refractivity contribution in [3.05, 3.63) is 46.6 Å². The lowest BCUT2D eigenvalue weighted by molar-refractivity contribution is -0.119. The van der Waals surface area contributed by atoms with E-state index in [9.17, 15) is 15.0 Å². The molecule has 0 bridgehead atoms. The van der Waals surface area contributed by atoms with Crippen molar-refractivity contribution in [3.8, 4) is 0 Å². The summed E-state index contributed by atoms with van der Waals surface area (Å²) in [6, 6.07) is 0. The first-order valence-electron chi connectivity index (χ1n) is 9.46. The van der Waals surface area contributed by atoms with Gasteiger partial charge < -0.3 is 14.9 Å². The van der Waals surface area contributed by atoms with Crippen LogP contribution in [0.15, 0.2) is 46.6 Å². The first-order valence-corrected chi connectivity index (χ1v) is 9.46. The van der Waals surface area contributed by atoms with Crippen molar-refractivity contribution in [2.24, 2.45) is 0 Å². The van der Waals surface area contributed by atoms with Gasteiger partial charge in [0.25, 0.3) is 0 Å². The van der Waals surface area contributed by atoms with Crippen molar-refractivity contribution in [2.75, 3.05) is 6.61 Å². The van der Waals surface area contributed by atoms with Crippen molar-refractivity contribution in [3.63, 3.8) is 0 Å². The van der Waals surface area contributed by atoms with E-state index in [4.69, 9.17) is 4.74 Å². The fraction of sp³-hybridized carbons (Fsp3) is 0.591. The molecule has 0 radical (unpaired) electrons. The summed E-state index contributed by atoms with van der Waals surface area (Å²) in [7, 11) is 0. The fourth-order valence-electron chi connectivity index (χ4n) is 3.35. The highest BCUT2D eigenvalue weighted by Crippen LogP contribution is 2.48. The van der Waals surface area contributed by atoms with E-state index in [1.54, 1.807) is 0 Å². The van der Waals surface area contributed by atoms with Crippen molar-refractivity contribution >= 4 is 5.78 Å². The molecule has 26 heavy (non-hydrogen) atoms. The number of epoxide rings is 1. The van der Waals surface area contributed by atoms with E-state index in [1.165, 1.54) is 22.8 Å². The number of carbonyl (C=O) groups excluding carboxylic acids is 1. The Bertz CT molecular complexity index is 649. The van der Waals surface area contributed by atoms with Crippen LogP contribution in [-0.4, -0.2) is 40.4 Å². The van der Waals surface area contributed by atoms with Gasteiger partial charge >= 0.3 is 0 Å². The standard InChI is InChI=1S/C22H32O4/c1-15(2)7-5-8-16(3)9-6-10-17(4)11-12-22-19(24)13-18(14-23)20(25)21(22)26-22/h7,9,11,13,20-21,23,25H,5-6,8,10,12,14H2,1-4H3/b16-9+,17-11+/t20-,21-,22+/m1/s1. The maximum absolute atomic E-state index is 12.3. The third-order valence-electron chi connectivity index (χ3n) is 5.20. The Morgan fingerprint density at radius 3 is 2.35 bits per heavy atom. The molecule has 0 aromatic carbocycles. The molecular formula is C22H32O4. The summed E-state index contributed by atoms with van der Waals surface area (Å²) in [5, 5.41) is 19.3. The summed E-state index contributed by atoms with van der Waals surface area (Å²) in [5.41, 5.74) is 3.44. The monoisotopic (exact) mass is 360 g/mol.